The van der Waals surface area contributed by atoms with Gasteiger partial charge in [-0.2, -0.15) is 4.31 Å². The van der Waals surface area contributed by atoms with Crippen LogP contribution in [-0.4, -0.2) is 50.4 Å². The number of nitrogens with one attached hydrogen (secondary N) is 1. The molecule has 2 aromatic carbocycles. The van der Waals surface area contributed by atoms with E-state index < -0.39 is 10.0 Å². The van der Waals surface area contributed by atoms with Crippen molar-refractivity contribution in [2.45, 2.75) is 4.90 Å². The topological polar surface area (TPSA) is 88.3 Å². The average molecular weight is 411 g/mol. The third-order valence-electron chi connectivity index (χ3n) is 4.55. The highest BCUT2D eigenvalue weighted by Crippen LogP contribution is 2.24. The van der Waals surface area contributed by atoms with Crippen molar-refractivity contribution < 1.29 is 8.42 Å². The van der Waals surface area contributed by atoms with Gasteiger partial charge >= 0.3 is 0 Å². The molecule has 7 heteroatoms. The molecule has 1 heterocycles. The van der Waals surface area contributed by atoms with Crippen LogP contribution >= 0.6 is 0 Å². The number of nitrogens with two attached hydrogens (primary N) is 1. The second-order valence-corrected chi connectivity index (χ2v) is 8.47. The standard InChI is InChI=1S/C22H26N4O2S/c23-12-16-26(17-15-24-13-5-8-19-6-2-1-3-7-19)29(27,28)22-10-4-9-20-18-25-14-11-21(20)22/h1-11,14,18,24H,12-13,15-17,23H2/b8-5+. The molecule has 0 aliphatic heterocycles. The predicted octanol–water partition coefficient (Wildman–Crippen LogP) is 2.49. The monoisotopic (exact) mass is 410 g/mol. The zero-order chi connectivity index (χ0) is 20.5. The number of pyridine rings is 1. The predicted molar refractivity (Wildman–Crippen MR) is 118 cm³/mol. The van der Waals surface area contributed by atoms with Gasteiger partial charge < -0.3 is 11.1 Å². The van der Waals surface area contributed by atoms with Gasteiger partial charge in [0.2, 0.25) is 10.0 Å². The van der Waals surface area contributed by atoms with Crippen LogP contribution < -0.4 is 11.1 Å². The smallest absolute Gasteiger partial charge is 0.243 e. The number of nitrogens with zero attached hydrogens (tertiary/aromatic N) is 2. The van der Waals surface area contributed by atoms with Crippen molar-refractivity contribution in [3.8, 4) is 0 Å². The molecule has 0 saturated carbocycles. The van der Waals surface area contributed by atoms with Gasteiger partial charge in [-0.15, -0.1) is 0 Å². The lowest BCUT2D eigenvalue weighted by Gasteiger charge is -2.22. The highest BCUT2D eigenvalue weighted by atomic mass is 32.2. The Morgan fingerprint density at radius 1 is 1.03 bits per heavy atom. The molecule has 0 fully saturated rings. The average Bonchev–Trinajstić information content (AvgIpc) is 2.75. The van der Waals surface area contributed by atoms with Gasteiger partial charge in [-0.25, -0.2) is 8.42 Å². The fourth-order valence-electron chi connectivity index (χ4n) is 3.10. The first-order valence-corrected chi connectivity index (χ1v) is 11.0. The number of benzene rings is 2. The Morgan fingerprint density at radius 2 is 1.86 bits per heavy atom. The summed E-state index contributed by atoms with van der Waals surface area (Å²) < 4.78 is 27.9. The number of rotatable bonds is 10. The third-order valence-corrected chi connectivity index (χ3v) is 6.50. The van der Waals surface area contributed by atoms with Crippen LogP contribution in [0.3, 0.4) is 0 Å². The Bertz CT molecular complexity index is 1050. The first kappa shape index (κ1) is 21.1. The molecule has 152 valence electrons. The molecular weight excluding hydrogens is 384 g/mol. The summed E-state index contributed by atoms with van der Waals surface area (Å²) in [7, 11) is -3.66. The SMILES string of the molecule is NCCN(CCNC/C=C/c1ccccc1)S(=O)(=O)c1cccc2cnccc12. The molecule has 0 unspecified atom stereocenters. The lowest BCUT2D eigenvalue weighted by Crippen LogP contribution is -2.40. The molecule has 3 aromatic rings. The maximum Gasteiger partial charge on any atom is 0.243 e. The van der Waals surface area contributed by atoms with Gasteiger partial charge in [0, 0.05) is 55.9 Å². The van der Waals surface area contributed by atoms with E-state index in [1.54, 1.807) is 30.6 Å². The van der Waals surface area contributed by atoms with E-state index in [0.29, 0.717) is 25.0 Å². The summed E-state index contributed by atoms with van der Waals surface area (Å²) in [4.78, 5) is 4.36. The van der Waals surface area contributed by atoms with E-state index >= 15 is 0 Å². The van der Waals surface area contributed by atoms with Gasteiger partial charge in [0.25, 0.3) is 0 Å². The molecule has 0 aliphatic carbocycles. The normalized spacial score (nSPS) is 12.2. The summed E-state index contributed by atoms with van der Waals surface area (Å²) >= 11 is 0. The van der Waals surface area contributed by atoms with Crippen LogP contribution in [0.1, 0.15) is 5.56 Å². The van der Waals surface area contributed by atoms with Gasteiger partial charge in [0.1, 0.15) is 0 Å². The van der Waals surface area contributed by atoms with E-state index in [-0.39, 0.29) is 18.0 Å². The molecule has 0 bridgehead atoms. The summed E-state index contributed by atoms with van der Waals surface area (Å²) in [5, 5.41) is 4.73. The Labute approximate surface area is 172 Å². The minimum Gasteiger partial charge on any atom is -0.329 e. The van der Waals surface area contributed by atoms with Crippen molar-refractivity contribution in [1.29, 1.82) is 0 Å². The van der Waals surface area contributed by atoms with Gasteiger partial charge in [-0.3, -0.25) is 4.98 Å². The Morgan fingerprint density at radius 3 is 2.66 bits per heavy atom. The van der Waals surface area contributed by atoms with Gasteiger partial charge in [0.05, 0.1) is 4.90 Å². The zero-order valence-corrected chi connectivity index (χ0v) is 17.1. The Kier molecular flexibility index (Phi) is 7.48. The second-order valence-electron chi connectivity index (χ2n) is 6.56. The van der Waals surface area contributed by atoms with Crippen molar-refractivity contribution in [1.82, 2.24) is 14.6 Å². The first-order chi connectivity index (χ1) is 14.1. The number of hydrogen-bond acceptors (Lipinski definition) is 5. The summed E-state index contributed by atoms with van der Waals surface area (Å²) in [6.07, 6.45) is 7.33. The highest BCUT2D eigenvalue weighted by Gasteiger charge is 2.25. The molecule has 3 rings (SSSR count). The van der Waals surface area contributed by atoms with E-state index in [9.17, 15) is 8.42 Å². The summed E-state index contributed by atoms with van der Waals surface area (Å²) in [5.74, 6) is 0. The van der Waals surface area contributed by atoms with E-state index in [1.165, 1.54) is 4.31 Å². The van der Waals surface area contributed by atoms with Gasteiger partial charge in [-0.1, -0.05) is 54.6 Å². The van der Waals surface area contributed by atoms with Crippen molar-refractivity contribution >= 4 is 26.9 Å². The van der Waals surface area contributed by atoms with E-state index in [2.05, 4.69) is 10.3 Å². The molecule has 0 saturated heterocycles. The molecule has 0 atom stereocenters. The Balaban J connectivity index is 1.64. The first-order valence-electron chi connectivity index (χ1n) is 9.58. The largest absolute Gasteiger partial charge is 0.329 e. The minimum atomic E-state index is -3.66. The number of sulfonamides is 1. The summed E-state index contributed by atoms with van der Waals surface area (Å²) in [6.45, 7) is 2.07. The summed E-state index contributed by atoms with van der Waals surface area (Å²) in [5.41, 5.74) is 6.82. The van der Waals surface area contributed by atoms with Crippen LogP contribution in [0.2, 0.25) is 0 Å². The lowest BCUT2D eigenvalue weighted by atomic mass is 10.2. The molecule has 1 aromatic heterocycles. The molecule has 3 N–H and O–H groups in total. The van der Waals surface area contributed by atoms with E-state index in [4.69, 9.17) is 5.73 Å². The molecule has 0 spiro atoms. The quantitative estimate of drug-likeness (QED) is 0.502. The molecule has 0 aliphatic rings. The van der Waals surface area contributed by atoms with Crippen molar-refractivity contribution in [3.05, 3.63) is 78.6 Å². The van der Waals surface area contributed by atoms with Gasteiger partial charge in [-0.05, 0) is 17.7 Å². The number of aromatic nitrogens is 1. The van der Waals surface area contributed by atoms with Crippen molar-refractivity contribution in [2.75, 3.05) is 32.7 Å². The molecule has 0 amide bonds. The maximum atomic E-state index is 13.2. The van der Waals surface area contributed by atoms with Crippen molar-refractivity contribution in [3.63, 3.8) is 0 Å². The van der Waals surface area contributed by atoms with Crippen LogP contribution in [0, 0.1) is 0 Å². The molecular formula is C22H26N4O2S. The van der Waals surface area contributed by atoms with Crippen LogP contribution in [0.5, 0.6) is 0 Å². The number of fused-ring (bicyclic) bond motifs is 1. The second kappa shape index (κ2) is 10.3. The number of hydrogen-bond donors (Lipinski definition) is 2. The van der Waals surface area contributed by atoms with Crippen molar-refractivity contribution in [2.24, 2.45) is 5.73 Å². The lowest BCUT2D eigenvalue weighted by molar-refractivity contribution is 0.415. The van der Waals surface area contributed by atoms with Crippen LogP contribution in [0.15, 0.2) is 78.0 Å². The van der Waals surface area contributed by atoms with Crippen LogP contribution in [0.25, 0.3) is 16.8 Å². The fourth-order valence-corrected chi connectivity index (χ4v) is 4.77. The van der Waals surface area contributed by atoms with E-state index in [0.717, 1.165) is 10.9 Å². The zero-order valence-electron chi connectivity index (χ0n) is 16.2. The molecule has 29 heavy (non-hydrogen) atoms. The van der Waals surface area contributed by atoms with E-state index in [1.807, 2.05) is 48.6 Å². The Hall–Kier alpha value is -2.58. The highest BCUT2D eigenvalue weighted by molar-refractivity contribution is 7.89. The molecule has 6 nitrogen and oxygen atoms in total. The van der Waals surface area contributed by atoms with Crippen LogP contribution in [-0.2, 0) is 10.0 Å². The summed E-state index contributed by atoms with van der Waals surface area (Å²) in [6, 6.07) is 17.0. The fraction of sp³-hybridized carbons (Fsp3) is 0.227. The third kappa shape index (κ3) is 5.48. The maximum absolute atomic E-state index is 13.2. The van der Waals surface area contributed by atoms with Gasteiger partial charge in [0.15, 0.2) is 0 Å². The minimum absolute atomic E-state index is 0.263. The van der Waals surface area contributed by atoms with Crippen LogP contribution in [0.4, 0.5) is 0 Å². The molecule has 0 radical (unpaired) electrons.